The number of nitrogens with two attached hydrogens (primary N) is 1. The molecule has 0 unspecified atom stereocenters. The summed E-state index contributed by atoms with van der Waals surface area (Å²) in [5.41, 5.74) is 4.04. The van der Waals surface area contributed by atoms with Gasteiger partial charge in [0.1, 0.15) is 5.82 Å². The van der Waals surface area contributed by atoms with Crippen molar-refractivity contribution in [3.8, 4) is 0 Å². The van der Waals surface area contributed by atoms with E-state index in [1.807, 2.05) is 0 Å². The zero-order valence-corrected chi connectivity index (χ0v) is 8.04. The highest BCUT2D eigenvalue weighted by atomic mass is 19.1. The highest BCUT2D eigenvalue weighted by molar-refractivity contribution is 5.93. The number of hydrogen-bond donors (Lipinski definition) is 2. The van der Waals surface area contributed by atoms with Gasteiger partial charge in [0.25, 0.3) is 5.91 Å². The number of halogens is 1. The first-order valence-electron chi connectivity index (χ1n) is 4.14. The van der Waals surface area contributed by atoms with Crippen LogP contribution >= 0.6 is 0 Å². The Bertz CT molecular complexity index is 369. The van der Waals surface area contributed by atoms with Crippen LogP contribution in [0.1, 0.15) is 29.8 Å². The Morgan fingerprint density at radius 1 is 1.50 bits per heavy atom. The van der Waals surface area contributed by atoms with Gasteiger partial charge in [0, 0.05) is 0 Å². The van der Waals surface area contributed by atoms with Crippen LogP contribution in [0.4, 0.5) is 4.39 Å². The predicted molar refractivity (Wildman–Crippen MR) is 50.2 cm³/mol. The first kappa shape index (κ1) is 10.7. The quantitative estimate of drug-likeness (QED) is 0.747. The number of benzene rings is 1. The molecule has 4 heteroatoms. The third kappa shape index (κ3) is 2.09. The number of primary amides is 1. The smallest absolute Gasteiger partial charge is 0.251 e. The zero-order valence-electron chi connectivity index (χ0n) is 8.04. The molecule has 1 rings (SSSR count). The molecule has 76 valence electrons. The minimum absolute atomic E-state index is 0.169. The monoisotopic (exact) mass is 197 g/mol. The van der Waals surface area contributed by atoms with Crippen molar-refractivity contribution in [3.05, 3.63) is 35.1 Å². The largest absolute Gasteiger partial charge is 0.386 e. The minimum Gasteiger partial charge on any atom is -0.386 e. The summed E-state index contributed by atoms with van der Waals surface area (Å²) >= 11 is 0. The second-order valence-electron chi connectivity index (χ2n) is 3.62. The van der Waals surface area contributed by atoms with Crippen molar-refractivity contribution in [2.45, 2.75) is 19.4 Å². The van der Waals surface area contributed by atoms with E-state index in [-0.39, 0.29) is 5.56 Å². The highest BCUT2D eigenvalue weighted by Gasteiger charge is 2.18. The number of hydrogen-bond acceptors (Lipinski definition) is 2. The van der Waals surface area contributed by atoms with E-state index in [0.29, 0.717) is 5.56 Å². The lowest BCUT2D eigenvalue weighted by Crippen LogP contribution is -2.18. The average Bonchev–Trinajstić information content (AvgIpc) is 2.01. The summed E-state index contributed by atoms with van der Waals surface area (Å²) in [5.74, 6) is -1.53. The second kappa shape index (κ2) is 3.38. The zero-order chi connectivity index (χ0) is 10.9. The van der Waals surface area contributed by atoms with Gasteiger partial charge in [-0.15, -0.1) is 0 Å². The van der Waals surface area contributed by atoms with E-state index in [0.717, 1.165) is 6.07 Å². The number of rotatable bonds is 2. The maximum Gasteiger partial charge on any atom is 0.251 e. The van der Waals surface area contributed by atoms with Crippen molar-refractivity contribution in [1.29, 1.82) is 0 Å². The molecule has 0 atom stereocenters. The Morgan fingerprint density at radius 2 is 2.07 bits per heavy atom. The van der Waals surface area contributed by atoms with Crippen LogP contribution in [-0.4, -0.2) is 11.0 Å². The van der Waals surface area contributed by atoms with Crippen molar-refractivity contribution >= 4 is 5.91 Å². The van der Waals surface area contributed by atoms with Gasteiger partial charge < -0.3 is 10.8 Å². The molecule has 1 aromatic carbocycles. The normalized spacial score (nSPS) is 11.4. The molecule has 0 radical (unpaired) electrons. The molecule has 0 aliphatic heterocycles. The van der Waals surface area contributed by atoms with Gasteiger partial charge in [-0.1, -0.05) is 6.07 Å². The molecule has 0 bridgehead atoms. The highest BCUT2D eigenvalue weighted by Crippen LogP contribution is 2.21. The standard InChI is InChI=1S/C10H12FNO2/c1-10(2,14)6-3-4-7(9(12)13)8(11)5-6/h3-5,14H,1-2H3,(H2,12,13). The van der Waals surface area contributed by atoms with Crippen LogP contribution in [0.2, 0.25) is 0 Å². The van der Waals surface area contributed by atoms with Crippen molar-refractivity contribution in [1.82, 2.24) is 0 Å². The van der Waals surface area contributed by atoms with E-state index in [1.165, 1.54) is 26.0 Å². The molecular weight excluding hydrogens is 185 g/mol. The molecule has 0 aromatic heterocycles. The fraction of sp³-hybridized carbons (Fsp3) is 0.300. The van der Waals surface area contributed by atoms with Crippen molar-refractivity contribution < 1.29 is 14.3 Å². The molecule has 14 heavy (non-hydrogen) atoms. The summed E-state index contributed by atoms with van der Waals surface area (Å²) in [6.45, 7) is 3.07. The lowest BCUT2D eigenvalue weighted by Gasteiger charge is -2.17. The van der Waals surface area contributed by atoms with E-state index in [2.05, 4.69) is 0 Å². The van der Waals surface area contributed by atoms with Crippen LogP contribution in [-0.2, 0) is 5.60 Å². The summed E-state index contributed by atoms with van der Waals surface area (Å²) in [5, 5.41) is 9.56. The lowest BCUT2D eigenvalue weighted by atomic mass is 9.97. The lowest BCUT2D eigenvalue weighted by molar-refractivity contribution is 0.0780. The maximum absolute atomic E-state index is 13.2. The summed E-state index contributed by atoms with van der Waals surface area (Å²) < 4.78 is 13.2. The molecule has 0 aliphatic carbocycles. The summed E-state index contributed by atoms with van der Waals surface area (Å²) in [6.07, 6.45) is 0. The van der Waals surface area contributed by atoms with Crippen LogP contribution in [0.5, 0.6) is 0 Å². The number of amides is 1. The van der Waals surface area contributed by atoms with Crippen LogP contribution in [0.3, 0.4) is 0 Å². The first-order chi connectivity index (χ1) is 6.32. The van der Waals surface area contributed by atoms with Crippen LogP contribution in [0.25, 0.3) is 0 Å². The first-order valence-corrected chi connectivity index (χ1v) is 4.14. The summed E-state index contributed by atoms with van der Waals surface area (Å²) in [7, 11) is 0. The van der Waals surface area contributed by atoms with Crippen LogP contribution < -0.4 is 5.73 Å². The van der Waals surface area contributed by atoms with Gasteiger partial charge in [0.15, 0.2) is 0 Å². The van der Waals surface area contributed by atoms with E-state index in [4.69, 9.17) is 5.73 Å². The van der Waals surface area contributed by atoms with Gasteiger partial charge in [0.2, 0.25) is 0 Å². The molecule has 3 nitrogen and oxygen atoms in total. The van der Waals surface area contributed by atoms with E-state index >= 15 is 0 Å². The molecule has 0 heterocycles. The third-order valence-electron chi connectivity index (χ3n) is 1.94. The SMILES string of the molecule is CC(C)(O)c1ccc(C(N)=O)c(F)c1. The van der Waals surface area contributed by atoms with E-state index in [1.54, 1.807) is 0 Å². The topological polar surface area (TPSA) is 63.3 Å². The van der Waals surface area contributed by atoms with Crippen molar-refractivity contribution in [3.63, 3.8) is 0 Å². The molecule has 0 saturated carbocycles. The molecule has 1 aromatic rings. The maximum atomic E-state index is 13.2. The Kier molecular flexibility index (Phi) is 2.57. The molecule has 0 aliphatic rings. The Labute approximate surface area is 81.4 Å². The molecule has 0 saturated heterocycles. The molecule has 0 spiro atoms. The van der Waals surface area contributed by atoms with Crippen molar-refractivity contribution in [2.75, 3.05) is 0 Å². The van der Waals surface area contributed by atoms with Gasteiger partial charge in [0.05, 0.1) is 11.2 Å². The van der Waals surface area contributed by atoms with Crippen LogP contribution in [0, 0.1) is 5.82 Å². The van der Waals surface area contributed by atoms with Gasteiger partial charge >= 0.3 is 0 Å². The average molecular weight is 197 g/mol. The Hall–Kier alpha value is -1.42. The van der Waals surface area contributed by atoms with E-state index in [9.17, 15) is 14.3 Å². The van der Waals surface area contributed by atoms with Crippen LogP contribution in [0.15, 0.2) is 18.2 Å². The molecule has 1 amide bonds. The summed E-state index contributed by atoms with van der Waals surface area (Å²) in [6, 6.07) is 3.86. The number of aliphatic hydroxyl groups is 1. The number of carbonyl (C=O) groups is 1. The molecule has 0 fully saturated rings. The third-order valence-corrected chi connectivity index (χ3v) is 1.94. The van der Waals surface area contributed by atoms with Gasteiger partial charge in [-0.2, -0.15) is 0 Å². The minimum atomic E-state index is -1.13. The fourth-order valence-corrected chi connectivity index (χ4v) is 1.10. The van der Waals surface area contributed by atoms with E-state index < -0.39 is 17.3 Å². The fourth-order valence-electron chi connectivity index (χ4n) is 1.10. The number of carbonyl (C=O) groups excluding carboxylic acids is 1. The molecule has 3 N–H and O–H groups in total. The molecular formula is C10H12FNO2. The summed E-state index contributed by atoms with van der Waals surface area (Å²) in [4.78, 5) is 10.7. The Balaban J connectivity index is 3.20. The second-order valence-corrected chi connectivity index (χ2v) is 3.62. The predicted octanol–water partition coefficient (Wildman–Crippen LogP) is 1.15. The van der Waals surface area contributed by atoms with Gasteiger partial charge in [-0.25, -0.2) is 4.39 Å². The van der Waals surface area contributed by atoms with Gasteiger partial charge in [-0.3, -0.25) is 4.79 Å². The Morgan fingerprint density at radius 3 is 2.43 bits per heavy atom. The van der Waals surface area contributed by atoms with Crippen molar-refractivity contribution in [2.24, 2.45) is 5.73 Å². The van der Waals surface area contributed by atoms with Gasteiger partial charge in [-0.05, 0) is 31.5 Å².